The number of rotatable bonds is 8. The number of nitrogens with two attached hydrogens (primary N) is 1. The molecule has 3 N–H and O–H groups in total. The van der Waals surface area contributed by atoms with Crippen molar-refractivity contribution in [1.82, 2.24) is 15.2 Å². The highest BCUT2D eigenvalue weighted by Gasteiger charge is 2.15. The highest BCUT2D eigenvalue weighted by atomic mass is 16.5. The number of carbonyl (C=O) groups excluding carboxylic acids is 1. The Labute approximate surface area is 183 Å². The van der Waals surface area contributed by atoms with Crippen molar-refractivity contribution in [3.63, 3.8) is 0 Å². The Morgan fingerprint density at radius 1 is 1.19 bits per heavy atom. The van der Waals surface area contributed by atoms with E-state index in [0.29, 0.717) is 11.4 Å². The number of piperidine rings is 1. The zero-order valence-electron chi connectivity index (χ0n) is 18.0. The molecule has 0 spiro atoms. The fourth-order valence-electron chi connectivity index (χ4n) is 4.23. The Balaban J connectivity index is 1.42. The molecule has 31 heavy (non-hydrogen) atoms. The van der Waals surface area contributed by atoms with Gasteiger partial charge in [-0.3, -0.25) is 4.79 Å². The maximum atomic E-state index is 11.2. The van der Waals surface area contributed by atoms with Crippen LogP contribution in [0.4, 0.5) is 0 Å². The number of benzene rings is 2. The molecule has 1 aliphatic rings. The van der Waals surface area contributed by atoms with E-state index in [1.807, 2.05) is 18.2 Å². The zero-order valence-corrected chi connectivity index (χ0v) is 18.0. The summed E-state index contributed by atoms with van der Waals surface area (Å²) in [6, 6.07) is 15.6. The van der Waals surface area contributed by atoms with Gasteiger partial charge >= 0.3 is 0 Å². The van der Waals surface area contributed by atoms with Crippen molar-refractivity contribution in [3.05, 3.63) is 65.9 Å². The first-order valence-electron chi connectivity index (χ1n) is 11.0. The molecule has 0 saturated carbocycles. The van der Waals surface area contributed by atoms with Gasteiger partial charge in [0.1, 0.15) is 5.75 Å². The number of nitrogens with zero attached hydrogens (tertiary/aromatic N) is 2. The molecule has 1 amide bonds. The summed E-state index contributed by atoms with van der Waals surface area (Å²) in [4.78, 5) is 18.0. The van der Waals surface area contributed by atoms with Crippen LogP contribution in [-0.4, -0.2) is 42.0 Å². The van der Waals surface area contributed by atoms with Gasteiger partial charge in [0.05, 0.1) is 5.56 Å². The number of hydrogen-bond donors (Lipinski definition) is 2. The van der Waals surface area contributed by atoms with Crippen molar-refractivity contribution in [1.29, 1.82) is 0 Å². The van der Waals surface area contributed by atoms with Crippen molar-refractivity contribution in [2.75, 3.05) is 26.2 Å². The number of fused-ring (bicyclic) bond motifs is 1. The van der Waals surface area contributed by atoms with Gasteiger partial charge in [0, 0.05) is 43.8 Å². The Morgan fingerprint density at radius 3 is 2.77 bits per heavy atom. The Morgan fingerprint density at radius 2 is 2.03 bits per heavy atom. The first-order valence-corrected chi connectivity index (χ1v) is 11.0. The Bertz CT molecular complexity index is 1040. The van der Waals surface area contributed by atoms with E-state index in [9.17, 15) is 4.79 Å². The first kappa shape index (κ1) is 21.3. The summed E-state index contributed by atoms with van der Waals surface area (Å²) >= 11 is 0. The lowest BCUT2D eigenvalue weighted by atomic mass is 10.0. The van der Waals surface area contributed by atoms with E-state index in [1.165, 1.54) is 37.7 Å². The van der Waals surface area contributed by atoms with E-state index in [0.717, 1.165) is 42.1 Å². The van der Waals surface area contributed by atoms with Gasteiger partial charge in [0.2, 0.25) is 11.8 Å². The van der Waals surface area contributed by atoms with Gasteiger partial charge < -0.3 is 20.7 Å². The highest BCUT2D eigenvalue weighted by Crippen LogP contribution is 2.31. The van der Waals surface area contributed by atoms with E-state index < -0.39 is 5.91 Å². The number of amides is 1. The van der Waals surface area contributed by atoms with Crippen molar-refractivity contribution in [3.8, 4) is 11.6 Å². The van der Waals surface area contributed by atoms with Gasteiger partial charge in [-0.05, 0) is 48.4 Å². The molecular weight excluding hydrogens is 388 g/mol. The third-order valence-corrected chi connectivity index (χ3v) is 5.87. The average Bonchev–Trinajstić information content (AvgIpc) is 2.78. The van der Waals surface area contributed by atoms with Crippen LogP contribution in [0.1, 0.15) is 35.7 Å². The van der Waals surface area contributed by atoms with Crippen LogP contribution < -0.4 is 15.8 Å². The molecule has 1 fully saturated rings. The number of nitrogens with one attached hydrogen (secondary N) is 1. The molecule has 1 atom stereocenters. The molecule has 2 heterocycles. The second-order valence-corrected chi connectivity index (χ2v) is 8.34. The second-order valence-electron chi connectivity index (χ2n) is 8.34. The number of ether oxygens (including phenoxy) is 1. The standard InChI is InChI=1S/C25H30N4O2/c1-18-5-4-13-29(17-18)14-12-27-15-19-8-10-23(22-7-3-2-6-21(19)22)31-24-11-9-20(16-28-24)25(26)30/h2-3,6-11,16,18,27H,4-5,12-15,17H2,1H3,(H2,26,30). The largest absolute Gasteiger partial charge is 0.438 e. The van der Waals surface area contributed by atoms with E-state index in [-0.39, 0.29) is 0 Å². The quantitative estimate of drug-likeness (QED) is 0.542. The van der Waals surface area contributed by atoms with Gasteiger partial charge in [0.25, 0.3) is 0 Å². The molecule has 1 unspecified atom stereocenters. The lowest BCUT2D eigenvalue weighted by molar-refractivity contribution is 0.1000. The van der Waals surface area contributed by atoms with E-state index in [2.05, 4.69) is 40.3 Å². The number of carbonyl (C=O) groups is 1. The molecule has 6 heteroatoms. The fourth-order valence-corrected chi connectivity index (χ4v) is 4.23. The lowest BCUT2D eigenvalue weighted by Crippen LogP contribution is -2.38. The van der Waals surface area contributed by atoms with Crippen molar-refractivity contribution < 1.29 is 9.53 Å². The molecule has 0 radical (unpaired) electrons. The van der Waals surface area contributed by atoms with Crippen LogP contribution in [0.2, 0.25) is 0 Å². The van der Waals surface area contributed by atoms with Crippen LogP contribution in [0, 0.1) is 5.92 Å². The van der Waals surface area contributed by atoms with Crippen LogP contribution in [0.5, 0.6) is 11.6 Å². The van der Waals surface area contributed by atoms with Crippen molar-refractivity contribution in [2.45, 2.75) is 26.3 Å². The summed E-state index contributed by atoms with van der Waals surface area (Å²) in [5, 5.41) is 5.80. The molecule has 162 valence electrons. The van der Waals surface area contributed by atoms with Gasteiger partial charge in [-0.25, -0.2) is 4.98 Å². The van der Waals surface area contributed by atoms with Gasteiger partial charge in [-0.2, -0.15) is 0 Å². The van der Waals surface area contributed by atoms with Crippen LogP contribution in [0.3, 0.4) is 0 Å². The minimum atomic E-state index is -0.504. The van der Waals surface area contributed by atoms with Gasteiger partial charge in [-0.15, -0.1) is 0 Å². The smallest absolute Gasteiger partial charge is 0.250 e. The number of primary amides is 1. The maximum absolute atomic E-state index is 11.2. The Hall–Kier alpha value is -2.96. The van der Waals surface area contributed by atoms with Crippen LogP contribution in [0.25, 0.3) is 10.8 Å². The summed E-state index contributed by atoms with van der Waals surface area (Å²) in [7, 11) is 0. The third-order valence-electron chi connectivity index (χ3n) is 5.87. The molecular formula is C25H30N4O2. The monoisotopic (exact) mass is 418 g/mol. The van der Waals surface area contributed by atoms with E-state index >= 15 is 0 Å². The zero-order chi connectivity index (χ0) is 21.6. The predicted molar refractivity (Wildman–Crippen MR) is 123 cm³/mol. The molecule has 4 rings (SSSR count). The number of hydrogen-bond acceptors (Lipinski definition) is 5. The molecule has 2 aromatic carbocycles. The molecule has 0 bridgehead atoms. The summed E-state index contributed by atoms with van der Waals surface area (Å²) in [6.45, 7) is 7.67. The van der Waals surface area contributed by atoms with Crippen LogP contribution in [0.15, 0.2) is 54.7 Å². The van der Waals surface area contributed by atoms with Crippen LogP contribution >= 0.6 is 0 Å². The summed E-state index contributed by atoms with van der Waals surface area (Å²) in [5.41, 5.74) is 6.88. The van der Waals surface area contributed by atoms with E-state index in [4.69, 9.17) is 10.5 Å². The summed E-state index contributed by atoms with van der Waals surface area (Å²) < 4.78 is 6.01. The minimum absolute atomic E-state index is 0.359. The van der Waals surface area contributed by atoms with Crippen LogP contribution in [-0.2, 0) is 6.54 Å². The second kappa shape index (κ2) is 9.90. The Kier molecular flexibility index (Phi) is 6.79. The maximum Gasteiger partial charge on any atom is 0.250 e. The minimum Gasteiger partial charge on any atom is -0.438 e. The number of likely N-dealkylation sites (tertiary alicyclic amines) is 1. The SMILES string of the molecule is CC1CCCN(CCNCc2ccc(Oc3ccc(C(N)=O)cn3)c3ccccc23)C1. The first-order chi connectivity index (χ1) is 15.1. The number of aromatic nitrogens is 1. The molecule has 0 aliphatic carbocycles. The fraction of sp³-hybridized carbons (Fsp3) is 0.360. The highest BCUT2D eigenvalue weighted by molar-refractivity contribution is 5.92. The third kappa shape index (κ3) is 5.40. The van der Waals surface area contributed by atoms with Crippen molar-refractivity contribution in [2.24, 2.45) is 11.7 Å². The lowest BCUT2D eigenvalue weighted by Gasteiger charge is -2.30. The summed E-state index contributed by atoms with van der Waals surface area (Å²) in [6.07, 6.45) is 4.10. The molecule has 1 aromatic heterocycles. The normalized spacial score (nSPS) is 17.0. The van der Waals surface area contributed by atoms with Gasteiger partial charge in [0.15, 0.2) is 0 Å². The topological polar surface area (TPSA) is 80.5 Å². The van der Waals surface area contributed by atoms with Gasteiger partial charge in [-0.1, -0.05) is 37.3 Å². The van der Waals surface area contributed by atoms with Crippen molar-refractivity contribution >= 4 is 16.7 Å². The molecule has 1 aliphatic heterocycles. The van der Waals surface area contributed by atoms with E-state index in [1.54, 1.807) is 12.1 Å². The molecule has 3 aromatic rings. The number of pyridine rings is 1. The molecule has 1 saturated heterocycles. The predicted octanol–water partition coefficient (Wildman–Crippen LogP) is 3.95. The molecule has 6 nitrogen and oxygen atoms in total. The summed E-state index contributed by atoms with van der Waals surface area (Å²) in [5.74, 6) is 1.47. The average molecular weight is 419 g/mol.